The van der Waals surface area contributed by atoms with E-state index in [1.54, 1.807) is 0 Å². The van der Waals surface area contributed by atoms with E-state index in [0.717, 1.165) is 6.20 Å². The normalized spacial score (nSPS) is 4.67. The summed E-state index contributed by atoms with van der Waals surface area (Å²) in [4.78, 5) is 12.2. The Hall–Kier alpha value is -1.10. The molecule has 0 aromatic heterocycles. The van der Waals surface area contributed by atoms with Crippen molar-refractivity contribution in [1.82, 2.24) is 0 Å². The fourth-order valence-electron chi connectivity index (χ4n) is 0.0720. The van der Waals surface area contributed by atoms with Crippen LogP contribution >= 0.6 is 0 Å². The summed E-state index contributed by atoms with van der Waals surface area (Å²) in [5.74, 6) is 0. The van der Waals surface area contributed by atoms with Gasteiger partial charge in [0.25, 0.3) is 0 Å². The first-order valence-electron chi connectivity index (χ1n) is 1.33. The Labute approximate surface area is 35.5 Å². The molecule has 0 N–H and O–H groups in total. The molecule has 0 bridgehead atoms. The van der Waals surface area contributed by atoms with Gasteiger partial charge in [0, 0.05) is 0 Å². The molecule has 0 aliphatic heterocycles. The number of carbonyl (C=O) groups excluding carboxylic acids is 1. The van der Waals surface area contributed by atoms with Crippen molar-refractivity contribution in [1.29, 1.82) is 0 Å². The molecule has 30 valence electrons. The van der Waals surface area contributed by atoms with Crippen molar-refractivity contribution < 1.29 is 4.79 Å². The number of nitrogens with zero attached hydrogens (tertiary/aromatic N) is 1. The van der Waals surface area contributed by atoms with E-state index in [4.69, 9.17) is 0 Å². The molecule has 0 rings (SSSR count). The Morgan fingerprint density at radius 1 is 1.83 bits per heavy atom. The van der Waals surface area contributed by atoms with Crippen molar-refractivity contribution >= 4 is 6.08 Å². The van der Waals surface area contributed by atoms with Crippen LogP contribution in [0.3, 0.4) is 0 Å². The average molecular weight is 81.1 g/mol. The summed E-state index contributed by atoms with van der Waals surface area (Å²) in [7, 11) is 0. The molecule has 0 saturated heterocycles. The van der Waals surface area contributed by atoms with Gasteiger partial charge in [0.2, 0.25) is 6.08 Å². The minimum absolute atomic E-state index is 1.15. The second-order valence-electron chi connectivity index (χ2n) is 0.554. The van der Waals surface area contributed by atoms with Gasteiger partial charge in [0.1, 0.15) is 0 Å². The highest BCUT2D eigenvalue weighted by Crippen LogP contribution is 1.57. The lowest BCUT2D eigenvalue weighted by Gasteiger charge is -1.48. The molecule has 0 aliphatic rings. The van der Waals surface area contributed by atoms with Crippen molar-refractivity contribution in [2.24, 2.45) is 4.99 Å². The van der Waals surface area contributed by atoms with Gasteiger partial charge in [-0.3, -0.25) is 0 Å². The van der Waals surface area contributed by atoms with Gasteiger partial charge in [-0.15, -0.1) is 5.73 Å². The van der Waals surface area contributed by atoms with E-state index in [2.05, 4.69) is 17.3 Å². The predicted molar refractivity (Wildman–Crippen MR) is 21.8 cm³/mol. The fourth-order valence-corrected chi connectivity index (χ4v) is 0.0720. The van der Waals surface area contributed by atoms with E-state index >= 15 is 0 Å². The van der Waals surface area contributed by atoms with Gasteiger partial charge in [-0.25, -0.2) is 4.79 Å². The van der Waals surface area contributed by atoms with Crippen LogP contribution in [-0.4, -0.2) is 6.08 Å². The summed E-state index contributed by atoms with van der Waals surface area (Å²) < 4.78 is 0. The number of isocyanates is 1. The molecule has 0 aromatic rings. The van der Waals surface area contributed by atoms with Crippen molar-refractivity contribution in [2.45, 2.75) is 0 Å². The van der Waals surface area contributed by atoms with Crippen molar-refractivity contribution in [3.63, 3.8) is 0 Å². The Balaban J connectivity index is 3.64. The largest absolute Gasteiger partial charge is 0.240 e. The maximum atomic E-state index is 9.17. The van der Waals surface area contributed by atoms with Gasteiger partial charge in [0.05, 0.1) is 6.20 Å². The van der Waals surface area contributed by atoms with E-state index in [1.165, 1.54) is 6.08 Å². The first-order chi connectivity index (χ1) is 2.91. The number of hydrogen-bond acceptors (Lipinski definition) is 2. The summed E-state index contributed by atoms with van der Waals surface area (Å²) in [5.41, 5.74) is 2.26. The molecule has 2 nitrogen and oxygen atoms in total. The molecule has 0 unspecified atom stereocenters. The lowest BCUT2D eigenvalue weighted by molar-refractivity contribution is 0.565. The quantitative estimate of drug-likeness (QED) is 0.258. The summed E-state index contributed by atoms with van der Waals surface area (Å²) >= 11 is 0. The molecule has 0 saturated carbocycles. The van der Waals surface area contributed by atoms with Crippen LogP contribution in [0.1, 0.15) is 0 Å². The molecule has 0 aromatic carbocycles. The third-order valence-corrected chi connectivity index (χ3v) is 0.209. The van der Waals surface area contributed by atoms with Crippen LogP contribution in [-0.2, 0) is 4.79 Å². The van der Waals surface area contributed by atoms with Crippen molar-refractivity contribution in [3.8, 4) is 0 Å². The highest BCUT2D eigenvalue weighted by Gasteiger charge is 1.44. The van der Waals surface area contributed by atoms with Gasteiger partial charge in [0.15, 0.2) is 0 Å². The van der Waals surface area contributed by atoms with Crippen LogP contribution in [0.5, 0.6) is 0 Å². The first-order valence-corrected chi connectivity index (χ1v) is 1.33. The maximum absolute atomic E-state index is 9.17. The van der Waals surface area contributed by atoms with Gasteiger partial charge in [-0.1, -0.05) is 6.58 Å². The zero-order valence-corrected chi connectivity index (χ0v) is 3.14. The summed E-state index contributed by atoms with van der Waals surface area (Å²) in [6.07, 6.45) is 2.43. The van der Waals surface area contributed by atoms with E-state index in [1.807, 2.05) is 0 Å². The van der Waals surface area contributed by atoms with E-state index in [9.17, 15) is 4.79 Å². The van der Waals surface area contributed by atoms with Gasteiger partial charge in [-0.05, 0) is 0 Å². The maximum Gasteiger partial charge on any atom is 0.240 e. The van der Waals surface area contributed by atoms with Gasteiger partial charge >= 0.3 is 0 Å². The molecule has 0 aliphatic carbocycles. The van der Waals surface area contributed by atoms with Crippen LogP contribution < -0.4 is 0 Å². The molecule has 0 fully saturated rings. The summed E-state index contributed by atoms with van der Waals surface area (Å²) in [6, 6.07) is 0. The van der Waals surface area contributed by atoms with Crippen LogP contribution in [0.4, 0.5) is 0 Å². The first kappa shape index (κ1) is 4.90. The lowest BCUT2D eigenvalue weighted by Crippen LogP contribution is -1.39. The molecule has 0 heterocycles. The van der Waals surface area contributed by atoms with Crippen LogP contribution in [0.25, 0.3) is 0 Å². The van der Waals surface area contributed by atoms with E-state index < -0.39 is 0 Å². The van der Waals surface area contributed by atoms with Crippen LogP contribution in [0, 0.1) is 0 Å². The Kier molecular flexibility index (Phi) is 3.19. The minimum Gasteiger partial charge on any atom is -0.211 e. The number of rotatable bonds is 1. The SMILES string of the molecule is C=C=CN=C=O. The molecule has 6 heavy (non-hydrogen) atoms. The van der Waals surface area contributed by atoms with Crippen molar-refractivity contribution in [3.05, 3.63) is 18.5 Å². The molecule has 0 amide bonds. The standard InChI is InChI=1S/C4H3NO/c1-2-3-5-4-6/h3H,1H2. The molecule has 2 heteroatoms. The summed E-state index contributed by atoms with van der Waals surface area (Å²) in [5, 5.41) is 0. The lowest BCUT2D eigenvalue weighted by atomic mass is 10.9. The number of aliphatic imine (C=N–C) groups is 1. The van der Waals surface area contributed by atoms with Gasteiger partial charge < -0.3 is 0 Å². The molecule has 0 atom stereocenters. The number of hydrogen-bond donors (Lipinski definition) is 0. The molecular weight excluding hydrogens is 78.0 g/mol. The topological polar surface area (TPSA) is 29.4 Å². The molecule has 0 spiro atoms. The van der Waals surface area contributed by atoms with Gasteiger partial charge in [-0.2, -0.15) is 4.99 Å². The highest BCUT2D eigenvalue weighted by molar-refractivity contribution is 5.34. The zero-order valence-electron chi connectivity index (χ0n) is 3.14. The third kappa shape index (κ3) is 2.90. The van der Waals surface area contributed by atoms with Crippen LogP contribution in [0.15, 0.2) is 23.5 Å². The van der Waals surface area contributed by atoms with E-state index in [-0.39, 0.29) is 0 Å². The molecule has 0 radical (unpaired) electrons. The Bertz CT molecular complexity index is 99.5. The minimum atomic E-state index is 1.15. The average Bonchev–Trinajstić information content (AvgIpc) is 1.61. The predicted octanol–water partition coefficient (Wildman–Crippen LogP) is 0.621. The second kappa shape index (κ2) is 3.90. The Morgan fingerprint density at radius 3 is 2.67 bits per heavy atom. The Morgan fingerprint density at radius 2 is 2.50 bits per heavy atom. The fraction of sp³-hybridized carbons (Fsp3) is 0. The second-order valence-corrected chi connectivity index (χ2v) is 0.554. The van der Waals surface area contributed by atoms with E-state index in [0.29, 0.717) is 0 Å². The summed E-state index contributed by atoms with van der Waals surface area (Å²) in [6.45, 7) is 3.14. The monoisotopic (exact) mass is 81.0 g/mol. The smallest absolute Gasteiger partial charge is 0.211 e. The molecular formula is C4H3NO. The van der Waals surface area contributed by atoms with Crippen LogP contribution in [0.2, 0.25) is 0 Å². The van der Waals surface area contributed by atoms with Crippen molar-refractivity contribution in [2.75, 3.05) is 0 Å². The highest BCUT2D eigenvalue weighted by atomic mass is 16.1. The third-order valence-electron chi connectivity index (χ3n) is 0.209. The zero-order chi connectivity index (χ0) is 4.83.